The molecule has 2 aromatic carbocycles. The number of rotatable bonds is 7. The minimum atomic E-state index is -3.11. The molecular weight excluding hydrogens is 364 g/mol. The van der Waals surface area contributed by atoms with Gasteiger partial charge in [-0.1, -0.05) is 26.0 Å². The summed E-state index contributed by atoms with van der Waals surface area (Å²) in [6.07, 6.45) is 1.17. The molecule has 7 heteroatoms. The van der Waals surface area contributed by atoms with E-state index in [9.17, 15) is 18.0 Å². The van der Waals surface area contributed by atoms with Gasteiger partial charge in [0.2, 0.25) is 0 Å². The van der Waals surface area contributed by atoms with Crippen LogP contribution in [0.1, 0.15) is 40.1 Å². The van der Waals surface area contributed by atoms with E-state index in [1.165, 1.54) is 6.26 Å². The maximum atomic E-state index is 12.3. The highest BCUT2D eigenvalue weighted by atomic mass is 32.2. The Bertz CT molecular complexity index is 902. The molecule has 0 fully saturated rings. The van der Waals surface area contributed by atoms with Crippen LogP contribution in [0.3, 0.4) is 0 Å². The van der Waals surface area contributed by atoms with Crippen molar-refractivity contribution in [1.29, 1.82) is 0 Å². The first-order valence-corrected chi connectivity index (χ1v) is 10.7. The number of amides is 2. The molecule has 0 aliphatic rings. The van der Waals surface area contributed by atoms with Crippen molar-refractivity contribution < 1.29 is 18.0 Å². The number of nitrogens with one attached hydrogen (secondary N) is 2. The molecule has 0 heterocycles. The zero-order valence-corrected chi connectivity index (χ0v) is 16.5. The van der Waals surface area contributed by atoms with Gasteiger partial charge in [-0.05, 0) is 47.9 Å². The largest absolute Gasteiger partial charge is 0.352 e. The highest BCUT2D eigenvalue weighted by Gasteiger charge is 2.10. The lowest BCUT2D eigenvalue weighted by Gasteiger charge is -2.09. The summed E-state index contributed by atoms with van der Waals surface area (Å²) < 4.78 is 22.6. The molecule has 0 atom stereocenters. The van der Waals surface area contributed by atoms with Crippen molar-refractivity contribution in [2.24, 2.45) is 5.92 Å². The molecule has 2 amide bonds. The maximum Gasteiger partial charge on any atom is 0.255 e. The van der Waals surface area contributed by atoms with Gasteiger partial charge in [-0.15, -0.1) is 0 Å². The number of anilines is 1. The first-order valence-electron chi connectivity index (χ1n) is 8.60. The SMILES string of the molecule is CC(C)CNC(=O)c1ccc(NC(=O)c2ccc(CS(C)(=O)=O)cc2)cc1. The van der Waals surface area contributed by atoms with Gasteiger partial charge in [0.15, 0.2) is 9.84 Å². The highest BCUT2D eigenvalue weighted by Crippen LogP contribution is 2.13. The Morgan fingerprint density at radius 1 is 0.889 bits per heavy atom. The van der Waals surface area contributed by atoms with Crippen molar-refractivity contribution >= 4 is 27.3 Å². The second-order valence-corrected chi connectivity index (χ2v) is 9.04. The van der Waals surface area contributed by atoms with Gasteiger partial charge in [0.1, 0.15) is 0 Å². The Morgan fingerprint density at radius 2 is 1.41 bits per heavy atom. The van der Waals surface area contributed by atoms with Gasteiger partial charge in [0, 0.05) is 29.6 Å². The van der Waals surface area contributed by atoms with Crippen LogP contribution in [0.2, 0.25) is 0 Å². The molecule has 6 nitrogen and oxygen atoms in total. The maximum absolute atomic E-state index is 12.3. The Balaban J connectivity index is 1.98. The molecule has 0 radical (unpaired) electrons. The van der Waals surface area contributed by atoms with Gasteiger partial charge in [-0.2, -0.15) is 0 Å². The van der Waals surface area contributed by atoms with Gasteiger partial charge < -0.3 is 10.6 Å². The lowest BCUT2D eigenvalue weighted by molar-refractivity contribution is 0.0948. The van der Waals surface area contributed by atoms with E-state index in [1.54, 1.807) is 48.5 Å². The summed E-state index contributed by atoms with van der Waals surface area (Å²) in [4.78, 5) is 24.3. The number of hydrogen-bond acceptors (Lipinski definition) is 4. The zero-order valence-electron chi connectivity index (χ0n) is 15.7. The second kappa shape index (κ2) is 8.81. The summed E-state index contributed by atoms with van der Waals surface area (Å²) in [5.74, 6) is -0.146. The smallest absolute Gasteiger partial charge is 0.255 e. The van der Waals surface area contributed by atoms with E-state index < -0.39 is 9.84 Å². The molecule has 0 saturated heterocycles. The summed E-state index contributed by atoms with van der Waals surface area (Å²) in [5, 5.41) is 5.59. The molecule has 2 N–H and O–H groups in total. The average Bonchev–Trinajstić information content (AvgIpc) is 2.59. The van der Waals surface area contributed by atoms with Crippen LogP contribution in [-0.4, -0.2) is 33.0 Å². The first kappa shape index (κ1) is 20.6. The van der Waals surface area contributed by atoms with Crippen molar-refractivity contribution in [1.82, 2.24) is 5.32 Å². The summed E-state index contributed by atoms with van der Waals surface area (Å²) in [7, 11) is -3.11. The van der Waals surface area contributed by atoms with Gasteiger partial charge in [-0.25, -0.2) is 8.42 Å². The summed E-state index contributed by atoms with van der Waals surface area (Å²) in [6, 6.07) is 13.1. The lowest BCUT2D eigenvalue weighted by Crippen LogP contribution is -2.27. The van der Waals surface area contributed by atoms with E-state index in [-0.39, 0.29) is 17.6 Å². The van der Waals surface area contributed by atoms with E-state index in [0.29, 0.717) is 34.8 Å². The topological polar surface area (TPSA) is 92.3 Å². The van der Waals surface area contributed by atoms with Crippen molar-refractivity contribution in [3.63, 3.8) is 0 Å². The molecule has 144 valence electrons. The fourth-order valence-corrected chi connectivity index (χ4v) is 3.16. The summed E-state index contributed by atoms with van der Waals surface area (Å²) in [6.45, 7) is 4.64. The van der Waals surface area contributed by atoms with Crippen LogP contribution in [-0.2, 0) is 15.6 Å². The molecule has 0 unspecified atom stereocenters. The first-order chi connectivity index (χ1) is 12.6. The average molecular weight is 388 g/mol. The molecular formula is C20H24N2O4S. The molecule has 0 aromatic heterocycles. The normalized spacial score (nSPS) is 11.3. The minimum absolute atomic E-state index is 0.0603. The highest BCUT2D eigenvalue weighted by molar-refractivity contribution is 7.89. The van der Waals surface area contributed by atoms with Crippen molar-refractivity contribution in [2.45, 2.75) is 19.6 Å². The predicted octanol–water partition coefficient (Wildman–Crippen LogP) is 2.87. The standard InChI is InChI=1S/C20H24N2O4S/c1-14(2)12-21-19(23)16-8-10-18(11-9-16)22-20(24)17-6-4-15(5-7-17)13-27(3,25)26/h4-11,14H,12-13H2,1-3H3,(H,21,23)(H,22,24). The quantitative estimate of drug-likeness (QED) is 0.763. The molecule has 0 saturated carbocycles. The zero-order chi connectivity index (χ0) is 20.0. The Labute approximate surface area is 159 Å². The molecule has 0 spiro atoms. The number of carbonyl (C=O) groups is 2. The lowest BCUT2D eigenvalue weighted by atomic mass is 10.1. The monoisotopic (exact) mass is 388 g/mol. The van der Waals surface area contributed by atoms with E-state index in [0.717, 1.165) is 0 Å². The number of hydrogen-bond donors (Lipinski definition) is 2. The van der Waals surface area contributed by atoms with Crippen LogP contribution < -0.4 is 10.6 Å². The van der Waals surface area contributed by atoms with Crippen molar-refractivity contribution in [3.05, 3.63) is 65.2 Å². The fourth-order valence-electron chi connectivity index (χ4n) is 2.36. The molecule has 27 heavy (non-hydrogen) atoms. The van der Waals surface area contributed by atoms with Gasteiger partial charge in [0.05, 0.1) is 5.75 Å². The van der Waals surface area contributed by atoms with Crippen LogP contribution in [0.25, 0.3) is 0 Å². The van der Waals surface area contributed by atoms with E-state index in [2.05, 4.69) is 10.6 Å². The third-order valence-electron chi connectivity index (χ3n) is 3.72. The van der Waals surface area contributed by atoms with Crippen LogP contribution in [0.4, 0.5) is 5.69 Å². The third kappa shape index (κ3) is 6.86. The minimum Gasteiger partial charge on any atom is -0.352 e. The summed E-state index contributed by atoms with van der Waals surface area (Å²) in [5.41, 5.74) is 2.15. The molecule has 0 aliphatic heterocycles. The van der Waals surface area contributed by atoms with Gasteiger partial charge >= 0.3 is 0 Å². The van der Waals surface area contributed by atoms with Gasteiger partial charge in [-0.3, -0.25) is 9.59 Å². The molecule has 0 aliphatic carbocycles. The van der Waals surface area contributed by atoms with Crippen LogP contribution in [0.15, 0.2) is 48.5 Å². The van der Waals surface area contributed by atoms with Crippen molar-refractivity contribution in [2.75, 3.05) is 18.1 Å². The van der Waals surface area contributed by atoms with E-state index in [1.807, 2.05) is 13.8 Å². The van der Waals surface area contributed by atoms with Crippen LogP contribution >= 0.6 is 0 Å². The molecule has 0 bridgehead atoms. The third-order valence-corrected chi connectivity index (χ3v) is 4.58. The van der Waals surface area contributed by atoms with Crippen LogP contribution in [0.5, 0.6) is 0 Å². The fraction of sp³-hybridized carbons (Fsp3) is 0.300. The Kier molecular flexibility index (Phi) is 6.74. The van der Waals surface area contributed by atoms with E-state index >= 15 is 0 Å². The number of sulfone groups is 1. The predicted molar refractivity (Wildman–Crippen MR) is 107 cm³/mol. The number of benzene rings is 2. The van der Waals surface area contributed by atoms with Gasteiger partial charge in [0.25, 0.3) is 11.8 Å². The number of carbonyl (C=O) groups excluding carboxylic acids is 2. The molecule has 2 aromatic rings. The van der Waals surface area contributed by atoms with Crippen LogP contribution in [0, 0.1) is 5.92 Å². The van der Waals surface area contributed by atoms with E-state index in [4.69, 9.17) is 0 Å². The summed E-state index contributed by atoms with van der Waals surface area (Å²) >= 11 is 0. The molecule has 2 rings (SSSR count). The Hall–Kier alpha value is -2.67. The Morgan fingerprint density at radius 3 is 1.93 bits per heavy atom. The van der Waals surface area contributed by atoms with Crippen molar-refractivity contribution in [3.8, 4) is 0 Å². The second-order valence-electron chi connectivity index (χ2n) is 6.90.